The molecule has 2 aromatic rings. The van der Waals surface area contributed by atoms with Crippen LogP contribution in [0, 0.1) is 5.92 Å². The molecule has 1 aromatic carbocycles. The third kappa shape index (κ3) is 3.08. The third-order valence-electron chi connectivity index (χ3n) is 3.77. The number of benzene rings is 1. The number of fused-ring (bicyclic) bond motifs is 1. The van der Waals surface area contributed by atoms with Gasteiger partial charge >= 0.3 is 0 Å². The molecule has 1 unspecified atom stereocenters. The lowest BCUT2D eigenvalue weighted by Gasteiger charge is -2.31. The topological polar surface area (TPSA) is 45.2 Å². The first-order valence-electron chi connectivity index (χ1n) is 7.27. The van der Waals surface area contributed by atoms with Crippen LogP contribution in [-0.4, -0.2) is 30.5 Å². The molecule has 0 bridgehead atoms. The second-order valence-corrected chi connectivity index (χ2v) is 6.29. The molecule has 5 heteroatoms. The van der Waals surface area contributed by atoms with Crippen molar-refractivity contribution in [2.24, 2.45) is 5.92 Å². The Bertz CT molecular complexity index is 619. The summed E-state index contributed by atoms with van der Waals surface area (Å²) in [7, 11) is 0. The largest absolute Gasteiger partial charge is 0.352 e. The molecule has 1 aliphatic rings. The van der Waals surface area contributed by atoms with Crippen molar-refractivity contribution in [3.63, 3.8) is 0 Å². The fourth-order valence-electron chi connectivity index (χ4n) is 2.68. The van der Waals surface area contributed by atoms with Gasteiger partial charge in [-0.3, -0.25) is 4.79 Å². The molecule has 0 saturated carbocycles. The van der Waals surface area contributed by atoms with Crippen LogP contribution in [0.3, 0.4) is 0 Å². The van der Waals surface area contributed by atoms with Crippen molar-refractivity contribution < 1.29 is 4.79 Å². The summed E-state index contributed by atoms with van der Waals surface area (Å²) in [6, 6.07) is 8.17. The van der Waals surface area contributed by atoms with Gasteiger partial charge in [-0.15, -0.1) is 6.58 Å². The standard InChI is InChI=1S/C16H19N3OS/c1-2-9-17-15(20)12-6-5-10-19(11-12)16-18-13-7-3-4-8-14(13)21-16/h2-4,7-8,12H,1,5-6,9-11H2,(H,17,20). The number of amides is 1. The van der Waals surface area contributed by atoms with Crippen molar-refractivity contribution in [3.8, 4) is 0 Å². The first-order valence-corrected chi connectivity index (χ1v) is 8.08. The van der Waals surface area contributed by atoms with Crippen molar-refractivity contribution in [3.05, 3.63) is 36.9 Å². The highest BCUT2D eigenvalue weighted by molar-refractivity contribution is 7.22. The molecule has 1 saturated heterocycles. The summed E-state index contributed by atoms with van der Waals surface area (Å²) in [5.74, 6) is 0.173. The fraction of sp³-hybridized carbons (Fsp3) is 0.375. The van der Waals surface area contributed by atoms with Gasteiger partial charge in [0.05, 0.1) is 16.1 Å². The van der Waals surface area contributed by atoms with E-state index in [-0.39, 0.29) is 11.8 Å². The van der Waals surface area contributed by atoms with E-state index in [1.807, 2.05) is 18.2 Å². The second kappa shape index (κ2) is 6.26. The zero-order valence-electron chi connectivity index (χ0n) is 11.9. The Morgan fingerprint density at radius 1 is 1.52 bits per heavy atom. The number of nitrogens with zero attached hydrogens (tertiary/aromatic N) is 2. The Labute approximate surface area is 128 Å². The van der Waals surface area contributed by atoms with Crippen LogP contribution in [0.15, 0.2) is 36.9 Å². The molecule has 1 fully saturated rings. The minimum Gasteiger partial charge on any atom is -0.352 e. The summed E-state index contributed by atoms with van der Waals surface area (Å²) >= 11 is 1.70. The Morgan fingerprint density at radius 3 is 3.19 bits per heavy atom. The van der Waals surface area contributed by atoms with Crippen molar-refractivity contribution in [1.82, 2.24) is 10.3 Å². The van der Waals surface area contributed by atoms with Gasteiger partial charge in [-0.2, -0.15) is 0 Å². The predicted molar refractivity (Wildman–Crippen MR) is 87.8 cm³/mol. The first kappa shape index (κ1) is 14.1. The number of thiazole rings is 1. The van der Waals surface area contributed by atoms with E-state index in [0.29, 0.717) is 6.54 Å². The molecule has 1 amide bonds. The number of anilines is 1. The lowest BCUT2D eigenvalue weighted by atomic mass is 9.97. The van der Waals surface area contributed by atoms with Crippen LogP contribution in [-0.2, 0) is 4.79 Å². The van der Waals surface area contributed by atoms with E-state index in [2.05, 4.69) is 27.8 Å². The van der Waals surface area contributed by atoms with Crippen LogP contribution in [0.25, 0.3) is 10.2 Å². The highest BCUT2D eigenvalue weighted by Crippen LogP contribution is 2.31. The van der Waals surface area contributed by atoms with Crippen LogP contribution in [0.5, 0.6) is 0 Å². The van der Waals surface area contributed by atoms with Gasteiger partial charge in [0.25, 0.3) is 0 Å². The van der Waals surface area contributed by atoms with Gasteiger partial charge in [-0.1, -0.05) is 29.5 Å². The van der Waals surface area contributed by atoms with Crippen LogP contribution < -0.4 is 10.2 Å². The average Bonchev–Trinajstić information content (AvgIpc) is 2.97. The monoisotopic (exact) mass is 301 g/mol. The van der Waals surface area contributed by atoms with Gasteiger partial charge in [0.2, 0.25) is 5.91 Å². The number of carbonyl (C=O) groups excluding carboxylic acids is 1. The van der Waals surface area contributed by atoms with Crippen molar-refractivity contribution in [1.29, 1.82) is 0 Å². The maximum Gasteiger partial charge on any atom is 0.225 e. The lowest BCUT2D eigenvalue weighted by Crippen LogP contribution is -2.43. The van der Waals surface area contributed by atoms with E-state index < -0.39 is 0 Å². The fourth-order valence-corrected chi connectivity index (χ4v) is 3.68. The van der Waals surface area contributed by atoms with E-state index >= 15 is 0 Å². The molecular formula is C16H19N3OS. The van der Waals surface area contributed by atoms with E-state index in [1.54, 1.807) is 17.4 Å². The Hall–Kier alpha value is -1.88. The molecule has 1 N–H and O–H groups in total. The van der Waals surface area contributed by atoms with Gasteiger partial charge in [0.15, 0.2) is 5.13 Å². The molecule has 3 rings (SSSR count). The maximum atomic E-state index is 12.1. The molecule has 110 valence electrons. The predicted octanol–water partition coefficient (Wildman–Crippen LogP) is 2.81. The number of aromatic nitrogens is 1. The first-order chi connectivity index (χ1) is 10.3. The van der Waals surface area contributed by atoms with Crippen LogP contribution in [0.1, 0.15) is 12.8 Å². The highest BCUT2D eigenvalue weighted by atomic mass is 32.1. The van der Waals surface area contributed by atoms with Crippen LogP contribution in [0.2, 0.25) is 0 Å². The van der Waals surface area contributed by atoms with Gasteiger partial charge in [0, 0.05) is 19.6 Å². The summed E-state index contributed by atoms with van der Waals surface area (Å²) in [5, 5.41) is 3.93. The number of hydrogen-bond acceptors (Lipinski definition) is 4. The maximum absolute atomic E-state index is 12.1. The minimum absolute atomic E-state index is 0.0470. The number of hydrogen-bond donors (Lipinski definition) is 1. The van der Waals surface area contributed by atoms with Crippen molar-refractivity contribution in [2.45, 2.75) is 12.8 Å². The van der Waals surface area contributed by atoms with Gasteiger partial charge in [0.1, 0.15) is 0 Å². The molecule has 0 radical (unpaired) electrons. The van der Waals surface area contributed by atoms with Crippen molar-refractivity contribution >= 4 is 32.6 Å². The number of rotatable bonds is 4. The molecule has 1 atom stereocenters. The van der Waals surface area contributed by atoms with E-state index in [4.69, 9.17) is 0 Å². The number of piperidine rings is 1. The SMILES string of the molecule is C=CCNC(=O)C1CCCN(c2nc3ccccc3s2)C1. The normalized spacial score (nSPS) is 18.7. The Morgan fingerprint density at radius 2 is 2.38 bits per heavy atom. The third-order valence-corrected chi connectivity index (χ3v) is 4.86. The van der Waals surface area contributed by atoms with E-state index in [0.717, 1.165) is 36.6 Å². The van der Waals surface area contributed by atoms with Crippen LogP contribution in [0.4, 0.5) is 5.13 Å². The number of nitrogens with one attached hydrogen (secondary N) is 1. The zero-order valence-corrected chi connectivity index (χ0v) is 12.7. The molecule has 2 heterocycles. The molecule has 4 nitrogen and oxygen atoms in total. The number of carbonyl (C=O) groups is 1. The van der Waals surface area contributed by atoms with Gasteiger partial charge < -0.3 is 10.2 Å². The quantitative estimate of drug-likeness (QED) is 0.883. The van der Waals surface area contributed by atoms with Crippen molar-refractivity contribution in [2.75, 3.05) is 24.5 Å². The highest BCUT2D eigenvalue weighted by Gasteiger charge is 2.27. The molecule has 0 aliphatic carbocycles. The summed E-state index contributed by atoms with van der Waals surface area (Å²) in [4.78, 5) is 19.0. The van der Waals surface area contributed by atoms with Crippen LogP contribution >= 0.6 is 11.3 Å². The molecule has 21 heavy (non-hydrogen) atoms. The molecular weight excluding hydrogens is 282 g/mol. The minimum atomic E-state index is 0.0470. The molecule has 1 aromatic heterocycles. The molecule has 1 aliphatic heterocycles. The summed E-state index contributed by atoms with van der Waals surface area (Å²) in [5.41, 5.74) is 1.04. The average molecular weight is 301 g/mol. The molecule has 0 spiro atoms. The second-order valence-electron chi connectivity index (χ2n) is 5.28. The summed E-state index contributed by atoms with van der Waals surface area (Å²) < 4.78 is 1.20. The number of para-hydroxylation sites is 1. The Balaban J connectivity index is 1.73. The zero-order chi connectivity index (χ0) is 14.7. The van der Waals surface area contributed by atoms with E-state index in [9.17, 15) is 4.79 Å². The summed E-state index contributed by atoms with van der Waals surface area (Å²) in [6.45, 7) is 5.90. The lowest BCUT2D eigenvalue weighted by molar-refractivity contribution is -0.125. The van der Waals surface area contributed by atoms with Gasteiger partial charge in [-0.05, 0) is 25.0 Å². The Kier molecular flexibility index (Phi) is 4.20. The smallest absolute Gasteiger partial charge is 0.225 e. The van der Waals surface area contributed by atoms with E-state index in [1.165, 1.54) is 4.70 Å². The summed E-state index contributed by atoms with van der Waals surface area (Å²) in [6.07, 6.45) is 3.69. The van der Waals surface area contributed by atoms with Gasteiger partial charge in [-0.25, -0.2) is 4.98 Å².